The van der Waals surface area contributed by atoms with Gasteiger partial charge in [-0.1, -0.05) is 82.2 Å². The quantitative estimate of drug-likeness (QED) is 0.252. The average Bonchev–Trinajstić information content (AvgIpc) is 2.68. The van der Waals surface area contributed by atoms with E-state index in [4.69, 9.17) is 26.3 Å². The van der Waals surface area contributed by atoms with Gasteiger partial charge >= 0.3 is 57.0 Å². The van der Waals surface area contributed by atoms with Gasteiger partial charge in [0.2, 0.25) is 0 Å². The summed E-state index contributed by atoms with van der Waals surface area (Å²) in [4.78, 5) is 0. The zero-order valence-electron chi connectivity index (χ0n) is 14.9. The third-order valence-electron chi connectivity index (χ3n) is 3.54. The van der Waals surface area contributed by atoms with Crippen molar-refractivity contribution in [3.63, 3.8) is 0 Å². The Balaban J connectivity index is 0.000000547. The number of nitrogens with zero attached hydrogens (tertiary/aromatic N) is 4. The molecule has 0 spiro atoms. The van der Waals surface area contributed by atoms with Gasteiger partial charge in [0, 0.05) is 0 Å². The Kier molecular flexibility index (Phi) is 14.1. The third-order valence-corrected chi connectivity index (χ3v) is 6.27. The van der Waals surface area contributed by atoms with Gasteiger partial charge in [0.05, 0.1) is 0 Å². The molecule has 0 aliphatic carbocycles. The maximum absolute atomic E-state index is 6.37. The zero-order chi connectivity index (χ0) is 18.8. The molecule has 25 heavy (non-hydrogen) atoms. The Morgan fingerprint density at radius 3 is 1.52 bits per heavy atom. The summed E-state index contributed by atoms with van der Waals surface area (Å²) in [6.45, 7) is 27.8. The Bertz CT molecular complexity index is 567. The van der Waals surface area contributed by atoms with Crippen LogP contribution in [0.2, 0.25) is 0 Å². The molecule has 0 unspecified atom stereocenters. The fourth-order valence-electron chi connectivity index (χ4n) is 2.20. The van der Waals surface area contributed by atoms with Crippen molar-refractivity contribution in [3.05, 3.63) is 75.8 Å². The van der Waals surface area contributed by atoms with Crippen molar-refractivity contribution in [2.75, 3.05) is 0 Å². The number of benzene rings is 1. The number of aryl methyl sites for hydroxylation is 1. The van der Waals surface area contributed by atoms with Crippen LogP contribution in [0.4, 0.5) is 0 Å². The topological polar surface area (TPSA) is 17.4 Å². The molecule has 1 aromatic rings. The van der Waals surface area contributed by atoms with Crippen molar-refractivity contribution in [3.8, 4) is 0 Å². The standard InChI is InChI=1S/C16H26.4CN.Pt/c1-2-3-4-5-6-7-8-10-13-16-14-11-9-12-15-16;4*1-2;/h9,11-12,14-15H,2-8,10,13H2,1H3;;;;;/q;4*-1;+4. The van der Waals surface area contributed by atoms with Crippen molar-refractivity contribution < 1.29 is 17.1 Å². The molecule has 0 saturated carbocycles. The summed E-state index contributed by atoms with van der Waals surface area (Å²) in [5.74, 6) is 0. The van der Waals surface area contributed by atoms with Crippen LogP contribution < -0.4 is 0 Å². The number of hydrogen-bond donors (Lipinski definition) is 0. The molecule has 0 aliphatic heterocycles. The minimum absolute atomic E-state index is 1.26. The van der Waals surface area contributed by atoms with Crippen LogP contribution in [0.1, 0.15) is 63.9 Å². The molecule has 0 aromatic heterocycles. The van der Waals surface area contributed by atoms with E-state index in [0.717, 1.165) is 0 Å². The van der Waals surface area contributed by atoms with Crippen molar-refractivity contribution in [2.45, 2.75) is 64.7 Å². The van der Waals surface area contributed by atoms with Crippen molar-refractivity contribution in [2.24, 2.45) is 0 Å². The van der Waals surface area contributed by atoms with Gasteiger partial charge in [-0.05, 0) is 18.4 Å². The Labute approximate surface area is 157 Å². The summed E-state index contributed by atoms with van der Waals surface area (Å²) >= 11 is -3.93. The van der Waals surface area contributed by atoms with E-state index >= 15 is 0 Å². The molecule has 1 rings (SSSR count). The number of hydrogen-bond acceptors (Lipinski definition) is 0. The molecule has 0 N–H and O–H groups in total. The molecular formula is C20H26N4Pt. The van der Waals surface area contributed by atoms with Crippen LogP contribution in [-0.2, 0) is 23.5 Å². The molecule has 136 valence electrons. The van der Waals surface area contributed by atoms with Crippen molar-refractivity contribution in [1.82, 2.24) is 0 Å². The van der Waals surface area contributed by atoms with Crippen LogP contribution in [0.25, 0.3) is 13.6 Å². The van der Waals surface area contributed by atoms with Crippen LogP contribution in [-0.4, -0.2) is 0 Å². The second-order valence-electron chi connectivity index (χ2n) is 5.37. The van der Waals surface area contributed by atoms with E-state index in [1.54, 1.807) is 0 Å². The van der Waals surface area contributed by atoms with Crippen LogP contribution >= 0.6 is 0 Å². The van der Waals surface area contributed by atoms with Gasteiger partial charge < -0.3 is 0 Å². The SMILES string of the molecule is CCCCCCCCCCc1ccccc1.[C-]#[N+][Pt]([N+]#[C-])([N+]#[C-])[N+]#[C-]. The summed E-state index contributed by atoms with van der Waals surface area (Å²) in [5, 5.41) is 0. The predicted octanol–water partition coefficient (Wildman–Crippen LogP) is 6.85. The second-order valence-corrected chi connectivity index (χ2v) is 10.1. The van der Waals surface area contributed by atoms with Gasteiger partial charge in [0.15, 0.2) is 0 Å². The van der Waals surface area contributed by atoms with Crippen molar-refractivity contribution in [1.29, 1.82) is 0 Å². The van der Waals surface area contributed by atoms with E-state index < -0.39 is 17.1 Å². The first-order chi connectivity index (χ1) is 12.2. The van der Waals surface area contributed by atoms with Gasteiger partial charge in [-0.3, -0.25) is 0 Å². The van der Waals surface area contributed by atoms with Gasteiger partial charge in [-0.25, -0.2) is 0 Å². The molecule has 0 radical (unpaired) electrons. The Morgan fingerprint density at radius 1 is 0.680 bits per heavy atom. The van der Waals surface area contributed by atoms with Gasteiger partial charge in [-0.15, -0.1) is 0 Å². The summed E-state index contributed by atoms with van der Waals surface area (Å²) in [6.07, 6.45) is 12.5. The van der Waals surface area contributed by atoms with E-state index in [0.29, 0.717) is 0 Å². The first-order valence-electron chi connectivity index (χ1n) is 8.43. The van der Waals surface area contributed by atoms with E-state index in [9.17, 15) is 0 Å². The second kappa shape index (κ2) is 15.4. The third kappa shape index (κ3) is 11.1. The van der Waals surface area contributed by atoms with Gasteiger partial charge in [0.1, 0.15) is 0 Å². The van der Waals surface area contributed by atoms with Crippen LogP contribution in [0.5, 0.6) is 0 Å². The minimum atomic E-state index is -3.93. The number of unbranched alkanes of at least 4 members (excludes halogenated alkanes) is 7. The average molecular weight is 518 g/mol. The molecule has 0 amide bonds. The Hall–Kier alpha value is -2.13. The fraction of sp³-hybridized carbons (Fsp3) is 0.500. The van der Waals surface area contributed by atoms with E-state index in [1.807, 2.05) is 0 Å². The number of rotatable bonds is 9. The molecule has 0 aliphatic rings. The molecule has 1 aromatic carbocycles. The van der Waals surface area contributed by atoms with Gasteiger partial charge in [-0.2, -0.15) is 0 Å². The summed E-state index contributed by atoms with van der Waals surface area (Å²) < 4.78 is 11.0. The fourth-order valence-corrected chi connectivity index (χ4v) is 2.88. The van der Waals surface area contributed by atoms with Crippen LogP contribution in [0.3, 0.4) is 0 Å². The molecule has 0 atom stereocenters. The van der Waals surface area contributed by atoms with E-state index in [2.05, 4.69) is 50.9 Å². The van der Waals surface area contributed by atoms with Crippen molar-refractivity contribution >= 4 is 0 Å². The monoisotopic (exact) mass is 517 g/mol. The van der Waals surface area contributed by atoms with E-state index in [1.165, 1.54) is 63.4 Å². The predicted molar refractivity (Wildman–Crippen MR) is 99.2 cm³/mol. The first-order valence-corrected chi connectivity index (χ1v) is 12.5. The normalized spacial score (nSPS) is 10.1. The molecular weight excluding hydrogens is 491 g/mol. The molecule has 0 bridgehead atoms. The van der Waals surface area contributed by atoms with E-state index in [-0.39, 0.29) is 0 Å². The summed E-state index contributed by atoms with van der Waals surface area (Å²) in [7, 11) is 0. The van der Waals surface area contributed by atoms with Crippen LogP contribution in [0.15, 0.2) is 30.3 Å². The molecule has 0 heterocycles. The zero-order valence-corrected chi connectivity index (χ0v) is 17.1. The molecule has 0 fully saturated rings. The molecule has 5 heteroatoms. The van der Waals surface area contributed by atoms with Crippen LogP contribution in [0, 0.1) is 26.3 Å². The first kappa shape index (κ1) is 22.9. The Morgan fingerprint density at radius 2 is 1.12 bits per heavy atom. The molecule has 0 saturated heterocycles. The van der Waals surface area contributed by atoms with Gasteiger partial charge in [0.25, 0.3) is 0 Å². The summed E-state index contributed by atoms with van der Waals surface area (Å²) in [6, 6.07) is 10.8. The molecule has 4 nitrogen and oxygen atoms in total. The summed E-state index contributed by atoms with van der Waals surface area (Å²) in [5.41, 5.74) is 1.49. The maximum atomic E-state index is 6.37.